The summed E-state index contributed by atoms with van der Waals surface area (Å²) >= 11 is 14.1. The molecule has 3 aromatic rings. The maximum Gasteiger partial charge on any atom is 0.0946 e. The molecule has 0 aliphatic heterocycles. The molecule has 0 amide bonds. The van der Waals surface area contributed by atoms with E-state index in [4.69, 9.17) is 28.9 Å². The first-order valence-corrected chi connectivity index (χ1v) is 9.65. The van der Waals surface area contributed by atoms with E-state index in [9.17, 15) is 0 Å². The first-order valence-electron chi connectivity index (χ1n) is 8.02. The highest BCUT2D eigenvalue weighted by atomic mass is 35.5. The monoisotopic (exact) mass is 391 g/mol. The molecule has 0 aliphatic rings. The van der Waals surface area contributed by atoms with Crippen molar-refractivity contribution in [3.05, 3.63) is 76.8 Å². The number of anilines is 1. The Morgan fingerprint density at radius 2 is 1.92 bits per heavy atom. The van der Waals surface area contributed by atoms with Crippen LogP contribution in [0.2, 0.25) is 10.0 Å². The van der Waals surface area contributed by atoms with Gasteiger partial charge in [-0.05, 0) is 54.8 Å². The lowest BCUT2D eigenvalue weighted by Gasteiger charge is -2.18. The number of benzene rings is 2. The molecule has 25 heavy (non-hydrogen) atoms. The molecule has 3 nitrogen and oxygen atoms in total. The maximum absolute atomic E-state index is 6.31. The summed E-state index contributed by atoms with van der Waals surface area (Å²) in [5, 5.41) is 1.79. The van der Waals surface area contributed by atoms with Gasteiger partial charge in [-0.3, -0.25) is 0 Å². The van der Waals surface area contributed by atoms with Crippen molar-refractivity contribution in [2.75, 3.05) is 5.73 Å². The summed E-state index contributed by atoms with van der Waals surface area (Å²) in [6, 6.07) is 13.7. The number of aromatic nitrogens is 2. The van der Waals surface area contributed by atoms with Crippen molar-refractivity contribution < 1.29 is 0 Å². The van der Waals surface area contributed by atoms with E-state index in [1.807, 2.05) is 48.6 Å². The van der Waals surface area contributed by atoms with E-state index in [-0.39, 0.29) is 0 Å². The van der Waals surface area contributed by atoms with Crippen molar-refractivity contribution >= 4 is 40.7 Å². The third-order valence-electron chi connectivity index (χ3n) is 3.91. The Morgan fingerprint density at radius 1 is 1.12 bits per heavy atom. The molecule has 1 unspecified atom stereocenters. The van der Waals surface area contributed by atoms with Crippen LogP contribution in [0.1, 0.15) is 12.0 Å². The molecule has 1 aromatic heterocycles. The first-order chi connectivity index (χ1) is 12.1. The number of rotatable bonds is 7. The Labute approximate surface area is 162 Å². The molecule has 6 heteroatoms. The van der Waals surface area contributed by atoms with Gasteiger partial charge >= 0.3 is 0 Å². The van der Waals surface area contributed by atoms with Crippen LogP contribution in [0.3, 0.4) is 0 Å². The fourth-order valence-electron chi connectivity index (χ4n) is 2.60. The van der Waals surface area contributed by atoms with Gasteiger partial charge in [0, 0.05) is 44.8 Å². The highest BCUT2D eigenvalue weighted by molar-refractivity contribution is 8.00. The highest BCUT2D eigenvalue weighted by Gasteiger charge is 2.13. The van der Waals surface area contributed by atoms with Crippen molar-refractivity contribution in [2.24, 2.45) is 0 Å². The minimum Gasteiger partial charge on any atom is -0.399 e. The number of halogens is 2. The van der Waals surface area contributed by atoms with Crippen LogP contribution in [0.15, 0.2) is 66.1 Å². The van der Waals surface area contributed by atoms with Crippen LogP contribution in [0, 0.1) is 0 Å². The zero-order valence-electron chi connectivity index (χ0n) is 13.6. The second-order valence-electron chi connectivity index (χ2n) is 5.84. The molecule has 130 valence electrons. The van der Waals surface area contributed by atoms with E-state index in [1.165, 1.54) is 4.90 Å². The quantitative estimate of drug-likeness (QED) is 0.423. The van der Waals surface area contributed by atoms with E-state index < -0.39 is 0 Å². The number of nitrogen functional groups attached to an aromatic ring is 1. The van der Waals surface area contributed by atoms with Gasteiger partial charge in [-0.15, -0.1) is 11.8 Å². The highest BCUT2D eigenvalue weighted by Crippen LogP contribution is 2.30. The van der Waals surface area contributed by atoms with Crippen LogP contribution in [-0.4, -0.2) is 14.8 Å². The molecule has 0 fully saturated rings. The van der Waals surface area contributed by atoms with Crippen LogP contribution in [0.5, 0.6) is 0 Å². The van der Waals surface area contributed by atoms with Crippen LogP contribution in [-0.2, 0) is 13.0 Å². The van der Waals surface area contributed by atoms with Crippen molar-refractivity contribution in [1.82, 2.24) is 9.55 Å². The van der Waals surface area contributed by atoms with Crippen LogP contribution in [0.4, 0.5) is 5.69 Å². The summed E-state index contributed by atoms with van der Waals surface area (Å²) in [6.07, 6.45) is 7.55. The Kier molecular flexibility index (Phi) is 6.29. The number of aryl methyl sites for hydroxylation is 1. The van der Waals surface area contributed by atoms with Crippen LogP contribution in [0.25, 0.3) is 0 Å². The van der Waals surface area contributed by atoms with E-state index in [1.54, 1.807) is 12.3 Å². The summed E-state index contributed by atoms with van der Waals surface area (Å²) in [6.45, 7) is 0.889. The lowest BCUT2D eigenvalue weighted by molar-refractivity contribution is 0.624. The molecule has 2 N–H and O–H groups in total. The molecule has 0 saturated carbocycles. The first kappa shape index (κ1) is 18.2. The van der Waals surface area contributed by atoms with Gasteiger partial charge in [-0.25, -0.2) is 4.98 Å². The zero-order chi connectivity index (χ0) is 17.6. The number of nitrogens with zero attached hydrogens (tertiary/aromatic N) is 2. The smallest absolute Gasteiger partial charge is 0.0946 e. The predicted molar refractivity (Wildman–Crippen MR) is 108 cm³/mol. The molecule has 0 saturated heterocycles. The predicted octanol–water partition coefficient (Wildman–Crippen LogP) is 5.57. The van der Waals surface area contributed by atoms with Gasteiger partial charge < -0.3 is 10.3 Å². The van der Waals surface area contributed by atoms with E-state index in [0.717, 1.165) is 35.7 Å². The Morgan fingerprint density at radius 3 is 2.60 bits per heavy atom. The number of imidazole rings is 1. The number of nitrogens with two attached hydrogens (primary N) is 1. The van der Waals surface area contributed by atoms with Gasteiger partial charge in [0.05, 0.1) is 6.33 Å². The summed E-state index contributed by atoms with van der Waals surface area (Å²) < 4.78 is 2.11. The Balaban J connectivity index is 1.70. The molecular formula is C19H19Cl2N3S. The second-order valence-corrected chi connectivity index (χ2v) is 8.06. The average molecular weight is 392 g/mol. The van der Waals surface area contributed by atoms with Crippen LogP contribution >= 0.6 is 35.0 Å². The van der Waals surface area contributed by atoms with Crippen molar-refractivity contribution in [3.63, 3.8) is 0 Å². The number of hydrogen-bond acceptors (Lipinski definition) is 3. The largest absolute Gasteiger partial charge is 0.399 e. The Bertz CT molecular complexity index is 804. The minimum atomic E-state index is 0.393. The van der Waals surface area contributed by atoms with Crippen molar-refractivity contribution in [2.45, 2.75) is 29.5 Å². The van der Waals surface area contributed by atoms with Gasteiger partial charge in [0.1, 0.15) is 0 Å². The van der Waals surface area contributed by atoms with E-state index in [2.05, 4.69) is 21.7 Å². The topological polar surface area (TPSA) is 43.8 Å². The van der Waals surface area contributed by atoms with Crippen molar-refractivity contribution in [3.8, 4) is 0 Å². The summed E-state index contributed by atoms with van der Waals surface area (Å²) in [7, 11) is 0. The van der Waals surface area contributed by atoms with Gasteiger partial charge in [-0.2, -0.15) is 0 Å². The van der Waals surface area contributed by atoms with E-state index >= 15 is 0 Å². The molecule has 0 aliphatic carbocycles. The zero-order valence-corrected chi connectivity index (χ0v) is 15.9. The van der Waals surface area contributed by atoms with E-state index in [0.29, 0.717) is 10.3 Å². The standard InChI is InChI=1S/C19H19Cl2N3S/c20-15-3-1-14(19(21)11-15)2-6-18(12-24-10-9-23-13-24)25-17-7-4-16(22)5-8-17/h1,3-5,7-11,13,18H,2,6,12,22H2. The lowest BCUT2D eigenvalue weighted by Crippen LogP contribution is -2.13. The second kappa shape index (κ2) is 8.65. The fourth-order valence-corrected chi connectivity index (χ4v) is 4.26. The maximum atomic E-state index is 6.31. The third-order valence-corrected chi connectivity index (χ3v) is 5.76. The molecule has 2 aromatic carbocycles. The number of hydrogen-bond donors (Lipinski definition) is 1. The molecule has 3 rings (SSSR count). The van der Waals surface area contributed by atoms with Gasteiger partial charge in [0.2, 0.25) is 0 Å². The summed E-state index contributed by atoms with van der Waals surface area (Å²) in [4.78, 5) is 5.35. The molecular weight excluding hydrogens is 373 g/mol. The normalized spacial score (nSPS) is 12.2. The fraction of sp³-hybridized carbons (Fsp3) is 0.211. The summed E-state index contributed by atoms with van der Waals surface area (Å²) in [5.74, 6) is 0. The Hall–Kier alpha value is -1.62. The van der Waals surface area contributed by atoms with Gasteiger partial charge in [0.15, 0.2) is 0 Å². The third kappa shape index (κ3) is 5.43. The molecule has 0 bridgehead atoms. The molecule has 1 heterocycles. The SMILES string of the molecule is Nc1ccc(SC(CCc2ccc(Cl)cc2Cl)Cn2ccnc2)cc1. The van der Waals surface area contributed by atoms with Gasteiger partial charge in [-0.1, -0.05) is 29.3 Å². The minimum absolute atomic E-state index is 0.393. The van der Waals surface area contributed by atoms with Crippen LogP contribution < -0.4 is 5.73 Å². The number of thioether (sulfide) groups is 1. The molecule has 1 atom stereocenters. The molecule has 0 radical (unpaired) electrons. The van der Waals surface area contributed by atoms with Crippen molar-refractivity contribution in [1.29, 1.82) is 0 Å². The van der Waals surface area contributed by atoms with Gasteiger partial charge in [0.25, 0.3) is 0 Å². The lowest BCUT2D eigenvalue weighted by atomic mass is 10.1. The average Bonchev–Trinajstić information content (AvgIpc) is 3.09. The summed E-state index contributed by atoms with van der Waals surface area (Å²) in [5.41, 5.74) is 7.69. The molecule has 0 spiro atoms.